The summed E-state index contributed by atoms with van der Waals surface area (Å²) in [6.07, 6.45) is -5.01. The van der Waals surface area contributed by atoms with Crippen LogP contribution < -0.4 is 4.74 Å². The fraction of sp³-hybridized carbons (Fsp3) is 0.481. The Morgan fingerprint density at radius 2 is 1.76 bits per heavy atom. The van der Waals surface area contributed by atoms with Crippen molar-refractivity contribution in [2.24, 2.45) is 5.92 Å². The van der Waals surface area contributed by atoms with Gasteiger partial charge in [-0.25, -0.2) is 4.39 Å². The van der Waals surface area contributed by atoms with Crippen LogP contribution in [0.15, 0.2) is 48.5 Å². The highest BCUT2D eigenvalue weighted by Gasteiger charge is 2.62. The molecule has 1 aliphatic heterocycles. The fourth-order valence-corrected chi connectivity index (χ4v) is 4.68. The molecular formula is C27H31ClF4N2O4. The van der Waals surface area contributed by atoms with Crippen LogP contribution in [-0.4, -0.2) is 72.9 Å². The maximum Gasteiger partial charge on any atom is 0.430 e. The van der Waals surface area contributed by atoms with Crippen LogP contribution in [0.5, 0.6) is 5.75 Å². The van der Waals surface area contributed by atoms with Crippen molar-refractivity contribution in [1.29, 1.82) is 0 Å². The smallest absolute Gasteiger partial charge is 0.430 e. The van der Waals surface area contributed by atoms with Crippen LogP contribution in [0, 0.1) is 5.92 Å². The number of carbonyl (C=O) groups excluding carboxylic acids is 2. The van der Waals surface area contributed by atoms with Crippen LogP contribution in [0.3, 0.4) is 0 Å². The van der Waals surface area contributed by atoms with Gasteiger partial charge in [-0.3, -0.25) is 9.59 Å². The Balaban J connectivity index is 1.48. The first kappa shape index (κ1) is 29.7. The molecule has 2 atom stereocenters. The van der Waals surface area contributed by atoms with Crippen LogP contribution in [0.25, 0.3) is 0 Å². The van der Waals surface area contributed by atoms with E-state index in [1.807, 2.05) is 0 Å². The maximum atomic E-state index is 14.5. The number of rotatable bonds is 9. The molecule has 2 aromatic carbocycles. The van der Waals surface area contributed by atoms with E-state index in [1.54, 1.807) is 20.2 Å². The van der Waals surface area contributed by atoms with E-state index in [4.69, 9.17) is 16.3 Å². The van der Waals surface area contributed by atoms with Crippen molar-refractivity contribution in [3.63, 3.8) is 0 Å². The molecule has 208 valence electrons. The van der Waals surface area contributed by atoms with E-state index in [0.717, 1.165) is 17.0 Å². The number of aliphatic hydroxyl groups is 1. The maximum absolute atomic E-state index is 14.5. The van der Waals surface area contributed by atoms with E-state index in [1.165, 1.54) is 35.2 Å². The number of halogens is 5. The molecule has 1 N–H and O–H groups in total. The quantitative estimate of drug-likeness (QED) is 0.428. The molecule has 0 aliphatic carbocycles. The molecule has 1 aliphatic rings. The van der Waals surface area contributed by atoms with Crippen molar-refractivity contribution in [1.82, 2.24) is 9.80 Å². The molecule has 6 nitrogen and oxygen atoms in total. The van der Waals surface area contributed by atoms with Crippen molar-refractivity contribution < 1.29 is 37.0 Å². The Morgan fingerprint density at radius 1 is 1.13 bits per heavy atom. The molecule has 2 aromatic rings. The normalized spacial score (nSPS) is 17.0. The second-order valence-electron chi connectivity index (χ2n) is 9.64. The summed E-state index contributed by atoms with van der Waals surface area (Å²) in [5.74, 6) is -1.31. The Kier molecular flexibility index (Phi) is 9.64. The standard InChI is InChI=1S/C27H31ClF4N2O4/c1-33(2)24(35)22-11-10-21(16-23(22)28)38-17-20(29)9-8-18-12-14-34(15-13-18)25(36)26(37,27(30,31)32)19-6-4-3-5-7-19/h3-7,10-11,16,18,20,37H,8-9,12-15,17H2,1-2H3/t20-,26+/m0/s1. The number of nitrogens with zero attached hydrogens (tertiary/aromatic N) is 2. The largest absolute Gasteiger partial charge is 0.491 e. The van der Waals surface area contributed by atoms with Gasteiger partial charge in [-0.1, -0.05) is 41.9 Å². The Bertz CT molecular complexity index is 1110. The average Bonchev–Trinajstić information content (AvgIpc) is 2.89. The molecule has 2 amide bonds. The van der Waals surface area contributed by atoms with Gasteiger partial charge in [0, 0.05) is 32.7 Å². The van der Waals surface area contributed by atoms with E-state index in [2.05, 4.69) is 0 Å². The molecule has 3 rings (SSSR count). The average molecular weight is 559 g/mol. The lowest BCUT2D eigenvalue weighted by Gasteiger charge is -2.38. The lowest BCUT2D eigenvalue weighted by molar-refractivity contribution is -0.262. The van der Waals surface area contributed by atoms with Gasteiger partial charge in [-0.05, 0) is 49.8 Å². The van der Waals surface area contributed by atoms with Gasteiger partial charge >= 0.3 is 6.18 Å². The number of hydrogen-bond donors (Lipinski definition) is 1. The topological polar surface area (TPSA) is 70.1 Å². The van der Waals surface area contributed by atoms with Crippen molar-refractivity contribution in [3.05, 3.63) is 64.7 Å². The first-order valence-corrected chi connectivity index (χ1v) is 12.6. The molecule has 0 bridgehead atoms. The molecule has 0 saturated carbocycles. The number of hydrogen-bond acceptors (Lipinski definition) is 4. The van der Waals surface area contributed by atoms with Crippen molar-refractivity contribution in [2.75, 3.05) is 33.8 Å². The Morgan fingerprint density at radius 3 is 2.32 bits per heavy atom. The zero-order valence-electron chi connectivity index (χ0n) is 21.2. The SMILES string of the molecule is CN(C)C(=O)c1ccc(OC[C@@H](F)CCC2CCN(C(=O)[C@](O)(c3ccccc3)C(F)(F)F)CC2)cc1Cl. The van der Waals surface area contributed by atoms with Crippen LogP contribution in [0.1, 0.15) is 41.6 Å². The summed E-state index contributed by atoms with van der Waals surface area (Å²) in [4.78, 5) is 27.3. The van der Waals surface area contributed by atoms with Gasteiger partial charge in [0.2, 0.25) is 0 Å². The van der Waals surface area contributed by atoms with E-state index < -0.39 is 29.4 Å². The summed E-state index contributed by atoms with van der Waals surface area (Å²) in [6, 6.07) is 10.8. The van der Waals surface area contributed by atoms with Crippen LogP contribution in [0.4, 0.5) is 17.6 Å². The van der Waals surface area contributed by atoms with Crippen molar-refractivity contribution in [3.8, 4) is 5.75 Å². The number of amides is 2. The monoisotopic (exact) mass is 558 g/mol. The molecule has 1 heterocycles. The Labute approximate surface area is 224 Å². The predicted molar refractivity (Wildman–Crippen MR) is 135 cm³/mol. The highest BCUT2D eigenvalue weighted by molar-refractivity contribution is 6.34. The fourth-order valence-electron chi connectivity index (χ4n) is 4.43. The second-order valence-corrected chi connectivity index (χ2v) is 10.0. The minimum atomic E-state index is -5.18. The van der Waals surface area contributed by atoms with Crippen LogP contribution in [0.2, 0.25) is 5.02 Å². The van der Waals surface area contributed by atoms with Gasteiger partial charge < -0.3 is 19.6 Å². The lowest BCUT2D eigenvalue weighted by Crippen LogP contribution is -2.57. The number of benzene rings is 2. The molecule has 38 heavy (non-hydrogen) atoms. The number of likely N-dealkylation sites (tertiary alicyclic amines) is 1. The molecule has 0 unspecified atom stereocenters. The molecule has 0 radical (unpaired) electrons. The third-order valence-electron chi connectivity index (χ3n) is 6.71. The minimum absolute atomic E-state index is 0.0266. The number of ether oxygens (including phenoxy) is 1. The second kappa shape index (κ2) is 12.3. The first-order chi connectivity index (χ1) is 17.8. The first-order valence-electron chi connectivity index (χ1n) is 12.3. The summed E-state index contributed by atoms with van der Waals surface area (Å²) < 4.78 is 61.4. The number of carbonyl (C=O) groups is 2. The van der Waals surface area contributed by atoms with Crippen LogP contribution in [-0.2, 0) is 10.4 Å². The van der Waals surface area contributed by atoms with Crippen LogP contribution >= 0.6 is 11.6 Å². The van der Waals surface area contributed by atoms with Gasteiger partial charge in [0.15, 0.2) is 0 Å². The van der Waals surface area contributed by atoms with Crippen molar-refractivity contribution >= 4 is 23.4 Å². The highest BCUT2D eigenvalue weighted by atomic mass is 35.5. The summed E-state index contributed by atoms with van der Waals surface area (Å²) in [5, 5.41) is 10.7. The van der Waals surface area contributed by atoms with E-state index in [-0.39, 0.29) is 43.0 Å². The summed E-state index contributed by atoms with van der Waals surface area (Å²) in [6.45, 7) is -0.137. The molecule has 0 aromatic heterocycles. The minimum Gasteiger partial charge on any atom is -0.491 e. The number of piperidine rings is 1. The highest BCUT2D eigenvalue weighted by Crippen LogP contribution is 2.41. The zero-order valence-corrected chi connectivity index (χ0v) is 21.9. The molecule has 1 saturated heterocycles. The van der Waals surface area contributed by atoms with E-state index >= 15 is 0 Å². The van der Waals surface area contributed by atoms with E-state index in [0.29, 0.717) is 30.6 Å². The summed E-state index contributed by atoms with van der Waals surface area (Å²) in [5.41, 5.74) is -3.84. The number of alkyl halides is 4. The van der Waals surface area contributed by atoms with Gasteiger partial charge in [-0.2, -0.15) is 13.2 Å². The van der Waals surface area contributed by atoms with Gasteiger partial charge in [0.1, 0.15) is 18.5 Å². The lowest BCUT2D eigenvalue weighted by atomic mass is 9.87. The van der Waals surface area contributed by atoms with Gasteiger partial charge in [0.25, 0.3) is 17.4 Å². The molecule has 1 fully saturated rings. The predicted octanol–water partition coefficient (Wildman–Crippen LogP) is 5.23. The molecule has 0 spiro atoms. The van der Waals surface area contributed by atoms with Gasteiger partial charge in [0.05, 0.1) is 10.6 Å². The third kappa shape index (κ3) is 6.77. The third-order valence-corrected chi connectivity index (χ3v) is 7.02. The summed E-state index contributed by atoms with van der Waals surface area (Å²) >= 11 is 6.14. The Hall–Kier alpha value is -2.85. The van der Waals surface area contributed by atoms with Crippen molar-refractivity contribution in [2.45, 2.75) is 43.6 Å². The van der Waals surface area contributed by atoms with E-state index in [9.17, 15) is 32.3 Å². The summed E-state index contributed by atoms with van der Waals surface area (Å²) in [7, 11) is 3.21. The zero-order chi connectivity index (χ0) is 28.1. The molecular weight excluding hydrogens is 528 g/mol. The molecule has 11 heteroatoms. The van der Waals surface area contributed by atoms with Gasteiger partial charge in [-0.15, -0.1) is 0 Å².